The Hall–Kier alpha value is -0.0800. The zero-order valence-electron chi connectivity index (χ0n) is 13.5. The minimum Gasteiger partial charge on any atom is -0.303 e. The molecule has 0 spiro atoms. The molecule has 3 fully saturated rings. The lowest BCUT2D eigenvalue weighted by Gasteiger charge is -2.37. The molecule has 2 aliphatic heterocycles. The number of nitrogens with zero attached hydrogens (tertiary/aromatic N) is 2. The fraction of sp³-hybridized carbons (Fsp3) is 1.00. The second kappa shape index (κ2) is 7.26. The van der Waals surface area contributed by atoms with Crippen LogP contribution in [0.1, 0.15) is 64.7 Å². The molecular formula is C18H34N2. The van der Waals surface area contributed by atoms with Crippen molar-refractivity contribution in [2.24, 2.45) is 11.8 Å². The lowest BCUT2D eigenvalue weighted by Crippen LogP contribution is -2.44. The van der Waals surface area contributed by atoms with E-state index in [9.17, 15) is 0 Å². The summed E-state index contributed by atoms with van der Waals surface area (Å²) in [4.78, 5) is 5.54. The van der Waals surface area contributed by atoms with Crippen LogP contribution in [0.4, 0.5) is 0 Å². The average Bonchev–Trinajstić information content (AvgIpc) is 2.99. The molecule has 1 unspecified atom stereocenters. The molecule has 0 aromatic heterocycles. The molecule has 1 aliphatic carbocycles. The maximum Gasteiger partial charge on any atom is 0.0120 e. The first-order valence-corrected chi connectivity index (χ1v) is 9.33. The lowest BCUT2D eigenvalue weighted by atomic mass is 9.79. The molecule has 2 saturated heterocycles. The Morgan fingerprint density at radius 1 is 0.800 bits per heavy atom. The van der Waals surface area contributed by atoms with E-state index in [1.165, 1.54) is 90.5 Å². The summed E-state index contributed by atoms with van der Waals surface area (Å²) in [7, 11) is 0. The topological polar surface area (TPSA) is 6.48 Å². The third-order valence-electron chi connectivity index (χ3n) is 6.19. The van der Waals surface area contributed by atoms with Gasteiger partial charge in [0.2, 0.25) is 0 Å². The van der Waals surface area contributed by atoms with E-state index in [2.05, 4.69) is 16.7 Å². The van der Waals surface area contributed by atoms with Crippen LogP contribution in [-0.2, 0) is 0 Å². The molecule has 3 rings (SSSR count). The summed E-state index contributed by atoms with van der Waals surface area (Å²) < 4.78 is 0. The van der Waals surface area contributed by atoms with Gasteiger partial charge in [0.25, 0.3) is 0 Å². The van der Waals surface area contributed by atoms with Crippen LogP contribution in [0.5, 0.6) is 0 Å². The second-order valence-corrected chi connectivity index (χ2v) is 7.51. The smallest absolute Gasteiger partial charge is 0.0120 e. The van der Waals surface area contributed by atoms with Crippen molar-refractivity contribution in [3.63, 3.8) is 0 Å². The van der Waals surface area contributed by atoms with Gasteiger partial charge in [-0.3, -0.25) is 4.90 Å². The summed E-state index contributed by atoms with van der Waals surface area (Å²) in [5, 5.41) is 0. The van der Waals surface area contributed by atoms with Crippen molar-refractivity contribution in [3.8, 4) is 0 Å². The van der Waals surface area contributed by atoms with Gasteiger partial charge in [-0.25, -0.2) is 0 Å². The van der Waals surface area contributed by atoms with Gasteiger partial charge in [0.15, 0.2) is 0 Å². The highest BCUT2D eigenvalue weighted by molar-refractivity contribution is 4.88. The van der Waals surface area contributed by atoms with Crippen molar-refractivity contribution < 1.29 is 0 Å². The third kappa shape index (κ3) is 3.57. The third-order valence-corrected chi connectivity index (χ3v) is 6.19. The summed E-state index contributed by atoms with van der Waals surface area (Å²) in [6.45, 7) is 9.16. The van der Waals surface area contributed by atoms with E-state index in [0.29, 0.717) is 0 Å². The molecule has 0 amide bonds. The lowest BCUT2D eigenvalue weighted by molar-refractivity contribution is 0.119. The first kappa shape index (κ1) is 14.8. The van der Waals surface area contributed by atoms with Crippen LogP contribution >= 0.6 is 0 Å². The van der Waals surface area contributed by atoms with Gasteiger partial charge in [-0.2, -0.15) is 0 Å². The van der Waals surface area contributed by atoms with Crippen molar-refractivity contribution in [3.05, 3.63) is 0 Å². The van der Waals surface area contributed by atoms with Gasteiger partial charge in [-0.15, -0.1) is 0 Å². The van der Waals surface area contributed by atoms with Gasteiger partial charge in [0.05, 0.1) is 0 Å². The van der Waals surface area contributed by atoms with Crippen molar-refractivity contribution in [1.82, 2.24) is 9.80 Å². The predicted octanol–water partition coefficient (Wildman–Crippen LogP) is 3.76. The van der Waals surface area contributed by atoms with Crippen molar-refractivity contribution in [2.75, 3.05) is 32.7 Å². The SMILES string of the molecule is CCCN1CCC(N2CCC(C3CCCCC3)C2)CC1. The first-order valence-electron chi connectivity index (χ1n) is 9.33. The van der Waals surface area contributed by atoms with Crippen LogP contribution in [0.15, 0.2) is 0 Å². The highest BCUT2D eigenvalue weighted by Gasteiger charge is 2.34. The van der Waals surface area contributed by atoms with Crippen molar-refractivity contribution >= 4 is 0 Å². The van der Waals surface area contributed by atoms with Gasteiger partial charge in [-0.1, -0.05) is 39.0 Å². The summed E-state index contributed by atoms with van der Waals surface area (Å²) in [6.07, 6.45) is 13.3. The number of rotatable bonds is 4. The molecule has 1 saturated carbocycles. The minimum atomic E-state index is 0.914. The summed E-state index contributed by atoms with van der Waals surface area (Å²) in [6, 6.07) is 0.914. The van der Waals surface area contributed by atoms with Gasteiger partial charge in [0, 0.05) is 12.6 Å². The Labute approximate surface area is 125 Å². The Bertz CT molecular complexity index is 277. The summed E-state index contributed by atoms with van der Waals surface area (Å²) in [5.41, 5.74) is 0. The number of piperidine rings is 1. The van der Waals surface area contributed by atoms with Gasteiger partial charge in [-0.05, 0) is 63.7 Å². The molecule has 0 N–H and O–H groups in total. The Kier molecular flexibility index (Phi) is 5.39. The first-order chi connectivity index (χ1) is 9.86. The highest BCUT2D eigenvalue weighted by Crippen LogP contribution is 2.36. The zero-order valence-corrected chi connectivity index (χ0v) is 13.5. The molecule has 0 aromatic carbocycles. The largest absolute Gasteiger partial charge is 0.303 e. The molecule has 2 heteroatoms. The fourth-order valence-corrected chi connectivity index (χ4v) is 4.96. The van der Waals surface area contributed by atoms with Crippen LogP contribution < -0.4 is 0 Å². The Balaban J connectivity index is 1.43. The van der Waals surface area contributed by atoms with Crippen LogP contribution in [-0.4, -0.2) is 48.6 Å². The van der Waals surface area contributed by atoms with E-state index in [1.807, 2.05) is 0 Å². The minimum absolute atomic E-state index is 0.914. The van der Waals surface area contributed by atoms with Crippen molar-refractivity contribution in [1.29, 1.82) is 0 Å². The molecule has 1 atom stereocenters. The molecular weight excluding hydrogens is 244 g/mol. The van der Waals surface area contributed by atoms with E-state index >= 15 is 0 Å². The predicted molar refractivity (Wildman–Crippen MR) is 86.0 cm³/mol. The van der Waals surface area contributed by atoms with E-state index in [0.717, 1.165) is 17.9 Å². The highest BCUT2D eigenvalue weighted by atomic mass is 15.2. The van der Waals surface area contributed by atoms with Crippen LogP contribution in [0.2, 0.25) is 0 Å². The molecule has 116 valence electrons. The molecule has 0 bridgehead atoms. The normalized spacial score (nSPS) is 31.9. The van der Waals surface area contributed by atoms with Crippen LogP contribution in [0, 0.1) is 11.8 Å². The van der Waals surface area contributed by atoms with E-state index in [1.54, 1.807) is 0 Å². The number of hydrogen-bond donors (Lipinski definition) is 0. The van der Waals surface area contributed by atoms with E-state index in [4.69, 9.17) is 0 Å². The van der Waals surface area contributed by atoms with Gasteiger partial charge < -0.3 is 4.90 Å². The standard InChI is InChI=1S/C18H34N2/c1-2-11-19-12-9-18(10-13-19)20-14-8-17(15-20)16-6-4-3-5-7-16/h16-18H,2-15H2,1H3. The van der Waals surface area contributed by atoms with Gasteiger partial charge >= 0.3 is 0 Å². The zero-order chi connectivity index (χ0) is 13.8. The molecule has 3 aliphatic rings. The van der Waals surface area contributed by atoms with Gasteiger partial charge in [0.1, 0.15) is 0 Å². The maximum absolute atomic E-state index is 2.86. The van der Waals surface area contributed by atoms with Crippen LogP contribution in [0.25, 0.3) is 0 Å². The van der Waals surface area contributed by atoms with E-state index in [-0.39, 0.29) is 0 Å². The molecule has 0 aromatic rings. The quantitative estimate of drug-likeness (QED) is 0.772. The van der Waals surface area contributed by atoms with Crippen molar-refractivity contribution in [2.45, 2.75) is 70.8 Å². The number of hydrogen-bond acceptors (Lipinski definition) is 2. The van der Waals surface area contributed by atoms with E-state index < -0.39 is 0 Å². The average molecular weight is 278 g/mol. The molecule has 20 heavy (non-hydrogen) atoms. The Morgan fingerprint density at radius 3 is 2.25 bits per heavy atom. The monoisotopic (exact) mass is 278 g/mol. The Morgan fingerprint density at radius 2 is 1.55 bits per heavy atom. The number of likely N-dealkylation sites (tertiary alicyclic amines) is 2. The fourth-order valence-electron chi connectivity index (χ4n) is 4.96. The summed E-state index contributed by atoms with van der Waals surface area (Å²) >= 11 is 0. The molecule has 2 nitrogen and oxygen atoms in total. The second-order valence-electron chi connectivity index (χ2n) is 7.51. The summed E-state index contributed by atoms with van der Waals surface area (Å²) in [5.74, 6) is 2.12. The maximum atomic E-state index is 2.86. The molecule has 2 heterocycles. The molecule has 0 radical (unpaired) electrons. The van der Waals surface area contributed by atoms with Crippen LogP contribution in [0.3, 0.4) is 0 Å².